The maximum absolute atomic E-state index is 13.3. The number of carbonyl (C=O) groups excluding carboxylic acids is 3. The van der Waals surface area contributed by atoms with E-state index in [4.69, 9.17) is 5.73 Å². The molecule has 2 atom stereocenters. The molecular weight excluding hydrogens is 406 g/mol. The number of nitrogens with two attached hydrogens (primary N) is 1. The number of carbonyl (C=O) groups is 3. The molecule has 0 radical (unpaired) electrons. The van der Waals surface area contributed by atoms with Crippen LogP contribution in [0.3, 0.4) is 0 Å². The number of rotatable bonds is 2. The van der Waals surface area contributed by atoms with Gasteiger partial charge in [0, 0.05) is 18.7 Å². The quantitative estimate of drug-likeness (QED) is 0.627. The second-order valence-corrected chi connectivity index (χ2v) is 9.13. The molecule has 1 aromatic carbocycles. The Kier molecular flexibility index (Phi) is 5.62. The number of hydrogen-bond acceptors (Lipinski definition) is 5. The van der Waals surface area contributed by atoms with E-state index in [1.807, 2.05) is 19.1 Å². The highest BCUT2D eigenvalue weighted by Gasteiger charge is 2.43. The van der Waals surface area contributed by atoms with Gasteiger partial charge in [-0.1, -0.05) is 19.1 Å². The van der Waals surface area contributed by atoms with Crippen molar-refractivity contribution in [1.29, 1.82) is 0 Å². The molecule has 2 aliphatic heterocycles. The van der Waals surface area contributed by atoms with E-state index < -0.39 is 17.4 Å². The van der Waals surface area contributed by atoms with Crippen molar-refractivity contribution in [2.75, 3.05) is 22.9 Å². The van der Waals surface area contributed by atoms with Gasteiger partial charge in [-0.05, 0) is 67.9 Å². The van der Waals surface area contributed by atoms with Gasteiger partial charge in [0.15, 0.2) is 0 Å². The molecule has 32 heavy (non-hydrogen) atoms. The first kappa shape index (κ1) is 21.8. The Morgan fingerprint density at radius 3 is 2.81 bits per heavy atom. The number of nitrogens with one attached hydrogen (secondary N) is 2. The third-order valence-electron chi connectivity index (χ3n) is 6.65. The zero-order valence-electron chi connectivity index (χ0n) is 18.7. The summed E-state index contributed by atoms with van der Waals surface area (Å²) >= 11 is 0. The van der Waals surface area contributed by atoms with E-state index in [0.717, 1.165) is 35.2 Å². The fourth-order valence-electron chi connectivity index (χ4n) is 4.55. The number of benzene rings is 1. The molecule has 8 nitrogen and oxygen atoms in total. The summed E-state index contributed by atoms with van der Waals surface area (Å²) in [4.78, 5) is 43.7. The number of fused-ring (bicyclic) bond motifs is 1. The Hall–Kier alpha value is -3.42. The van der Waals surface area contributed by atoms with Crippen molar-refractivity contribution in [2.24, 2.45) is 5.92 Å². The lowest BCUT2D eigenvalue weighted by Crippen LogP contribution is -2.55. The summed E-state index contributed by atoms with van der Waals surface area (Å²) in [5.41, 5.74) is 9.15. The maximum Gasteiger partial charge on any atom is 0.313 e. The second kappa shape index (κ2) is 8.26. The van der Waals surface area contributed by atoms with Gasteiger partial charge < -0.3 is 21.3 Å². The Labute approximate surface area is 187 Å². The minimum Gasteiger partial charge on any atom is -0.383 e. The third-order valence-corrected chi connectivity index (χ3v) is 6.65. The van der Waals surface area contributed by atoms with Crippen LogP contribution in [0.4, 0.5) is 17.2 Å². The van der Waals surface area contributed by atoms with Crippen LogP contribution >= 0.6 is 0 Å². The zero-order valence-corrected chi connectivity index (χ0v) is 18.7. The van der Waals surface area contributed by atoms with E-state index in [1.54, 1.807) is 17.9 Å². The second-order valence-electron chi connectivity index (χ2n) is 9.13. The largest absolute Gasteiger partial charge is 0.383 e. The summed E-state index contributed by atoms with van der Waals surface area (Å²) in [5, 5.41) is 5.57. The molecule has 1 aromatic heterocycles. The van der Waals surface area contributed by atoms with Crippen LogP contribution in [-0.2, 0) is 26.3 Å². The smallest absolute Gasteiger partial charge is 0.313 e. The topological polar surface area (TPSA) is 117 Å². The lowest BCUT2D eigenvalue weighted by Gasteiger charge is -2.47. The highest BCUT2D eigenvalue weighted by Crippen LogP contribution is 2.41. The molecular formula is C24H29N5O3. The lowest BCUT2D eigenvalue weighted by molar-refractivity contribution is -0.150. The van der Waals surface area contributed by atoms with E-state index in [2.05, 4.69) is 28.6 Å². The van der Waals surface area contributed by atoms with Crippen LogP contribution in [-0.4, -0.2) is 34.2 Å². The number of hydrogen-bond donors (Lipinski definition) is 3. The van der Waals surface area contributed by atoms with Gasteiger partial charge in [-0.15, -0.1) is 0 Å². The molecule has 168 valence electrons. The molecule has 3 heterocycles. The number of aryl methyl sites for hydroxylation is 2. The van der Waals surface area contributed by atoms with Crippen LogP contribution in [0.5, 0.6) is 0 Å². The van der Waals surface area contributed by atoms with Gasteiger partial charge in [0.05, 0.1) is 17.4 Å². The molecule has 3 amide bonds. The molecule has 1 saturated heterocycles. The Morgan fingerprint density at radius 2 is 2.06 bits per heavy atom. The predicted octanol–water partition coefficient (Wildman–Crippen LogP) is 2.97. The summed E-state index contributed by atoms with van der Waals surface area (Å²) in [7, 11) is 0. The molecule has 0 spiro atoms. The number of pyridine rings is 1. The van der Waals surface area contributed by atoms with E-state index in [0.29, 0.717) is 30.9 Å². The number of piperidine rings is 1. The van der Waals surface area contributed by atoms with Crippen LogP contribution in [0.2, 0.25) is 0 Å². The van der Waals surface area contributed by atoms with E-state index >= 15 is 0 Å². The van der Waals surface area contributed by atoms with Gasteiger partial charge in [-0.3, -0.25) is 14.4 Å². The van der Waals surface area contributed by atoms with E-state index in [9.17, 15) is 14.4 Å². The average Bonchev–Trinajstić information content (AvgIpc) is 2.77. The van der Waals surface area contributed by atoms with Crippen LogP contribution in [0.15, 0.2) is 30.5 Å². The number of nitrogen functional groups attached to an aromatic ring is 1. The Balaban J connectivity index is 1.61. The average molecular weight is 436 g/mol. The van der Waals surface area contributed by atoms with Crippen molar-refractivity contribution in [3.63, 3.8) is 0 Å². The molecule has 1 fully saturated rings. The minimum atomic E-state index is -0.693. The SMILES string of the molecule is Cc1cc(NC(=O)C(=O)N2C[C@H](C)CC[C@@]2(C)c2ccc3c(c2)CCC(=O)N3)cnc1N. The van der Waals surface area contributed by atoms with Crippen molar-refractivity contribution >= 4 is 34.9 Å². The van der Waals surface area contributed by atoms with Crippen LogP contribution < -0.4 is 16.4 Å². The number of aromatic nitrogens is 1. The van der Waals surface area contributed by atoms with Crippen molar-refractivity contribution in [2.45, 2.75) is 52.0 Å². The first-order valence-corrected chi connectivity index (χ1v) is 11.0. The molecule has 2 aromatic rings. The molecule has 4 rings (SSSR count). The molecule has 0 unspecified atom stereocenters. The monoisotopic (exact) mass is 435 g/mol. The van der Waals surface area contributed by atoms with Crippen LogP contribution in [0, 0.1) is 12.8 Å². The Morgan fingerprint density at radius 1 is 1.28 bits per heavy atom. The van der Waals surface area contributed by atoms with Gasteiger partial charge in [0.25, 0.3) is 0 Å². The summed E-state index contributed by atoms with van der Waals surface area (Å²) < 4.78 is 0. The molecule has 0 aliphatic carbocycles. The van der Waals surface area contributed by atoms with E-state index in [1.165, 1.54) is 6.20 Å². The van der Waals surface area contributed by atoms with Gasteiger partial charge in [-0.25, -0.2) is 4.98 Å². The first-order valence-electron chi connectivity index (χ1n) is 11.0. The summed E-state index contributed by atoms with van der Waals surface area (Å²) in [5.74, 6) is -0.572. The van der Waals surface area contributed by atoms with Crippen LogP contribution in [0.25, 0.3) is 0 Å². The summed E-state index contributed by atoms with van der Waals surface area (Å²) in [6.07, 6.45) is 4.27. The number of likely N-dealkylation sites (tertiary alicyclic amines) is 1. The fraction of sp³-hybridized carbons (Fsp3) is 0.417. The van der Waals surface area contributed by atoms with Gasteiger partial charge >= 0.3 is 11.8 Å². The molecule has 2 aliphatic rings. The van der Waals surface area contributed by atoms with Crippen molar-refractivity contribution in [3.05, 3.63) is 47.2 Å². The number of nitrogens with zero attached hydrogens (tertiary/aromatic N) is 2. The summed E-state index contributed by atoms with van der Waals surface area (Å²) in [6, 6.07) is 7.61. The normalized spacial score (nSPS) is 22.7. The van der Waals surface area contributed by atoms with Gasteiger partial charge in [0.2, 0.25) is 5.91 Å². The van der Waals surface area contributed by atoms with Crippen LogP contribution in [0.1, 0.15) is 49.8 Å². The van der Waals surface area contributed by atoms with Gasteiger partial charge in [0.1, 0.15) is 5.82 Å². The minimum absolute atomic E-state index is 0.0174. The standard InChI is InChI=1S/C24H29N5O3/c1-14-8-9-24(3,17-5-6-19-16(11-17)4-7-20(30)28-19)29(13-14)23(32)22(31)27-18-10-15(2)21(25)26-12-18/h5-6,10-12,14H,4,7-9,13H2,1-3H3,(H2,25,26)(H,27,31)(H,28,30)/t14-,24+/m1/s1. The molecule has 4 N–H and O–H groups in total. The maximum atomic E-state index is 13.3. The number of anilines is 3. The molecule has 0 bridgehead atoms. The lowest BCUT2D eigenvalue weighted by atomic mass is 9.78. The first-order chi connectivity index (χ1) is 15.2. The molecule has 8 heteroatoms. The molecule has 0 saturated carbocycles. The van der Waals surface area contributed by atoms with E-state index in [-0.39, 0.29) is 11.8 Å². The van der Waals surface area contributed by atoms with Crippen molar-refractivity contribution in [3.8, 4) is 0 Å². The highest BCUT2D eigenvalue weighted by molar-refractivity contribution is 6.39. The Bertz CT molecular complexity index is 1100. The third kappa shape index (κ3) is 4.04. The van der Waals surface area contributed by atoms with Crippen molar-refractivity contribution in [1.82, 2.24) is 9.88 Å². The highest BCUT2D eigenvalue weighted by atomic mass is 16.2. The summed E-state index contributed by atoms with van der Waals surface area (Å²) in [6.45, 7) is 6.40. The fourth-order valence-corrected chi connectivity index (χ4v) is 4.55. The predicted molar refractivity (Wildman–Crippen MR) is 123 cm³/mol. The van der Waals surface area contributed by atoms with Gasteiger partial charge in [-0.2, -0.15) is 0 Å². The van der Waals surface area contributed by atoms with Crippen molar-refractivity contribution < 1.29 is 14.4 Å². The number of amides is 3. The zero-order chi connectivity index (χ0) is 23.0.